The molecule has 0 heterocycles. The van der Waals surface area contributed by atoms with Crippen LogP contribution in [0.2, 0.25) is 5.02 Å². The molecule has 0 spiro atoms. The molecule has 1 N–H and O–H groups in total. The fourth-order valence-corrected chi connectivity index (χ4v) is 3.48. The lowest BCUT2D eigenvalue weighted by atomic mass is 10.2. The van der Waals surface area contributed by atoms with E-state index in [-0.39, 0.29) is 27.2 Å². The molecule has 0 aliphatic carbocycles. The summed E-state index contributed by atoms with van der Waals surface area (Å²) in [6, 6.07) is 9.27. The summed E-state index contributed by atoms with van der Waals surface area (Å²) >= 11 is 5.59. The number of sulfonamides is 1. The van der Waals surface area contributed by atoms with Crippen LogP contribution in [-0.2, 0) is 10.0 Å². The first kappa shape index (κ1) is 19.4. The lowest BCUT2D eigenvalue weighted by molar-refractivity contribution is 0.102. The van der Waals surface area contributed by atoms with Crippen molar-refractivity contribution in [1.29, 1.82) is 0 Å². The van der Waals surface area contributed by atoms with E-state index in [1.807, 2.05) is 0 Å². The zero-order valence-electron chi connectivity index (χ0n) is 14.0. The van der Waals surface area contributed by atoms with E-state index in [1.54, 1.807) is 13.8 Å². The maximum atomic E-state index is 13.4. The fourth-order valence-electron chi connectivity index (χ4n) is 2.00. The minimum absolute atomic E-state index is 0.0400. The molecule has 2 aromatic rings. The van der Waals surface area contributed by atoms with Gasteiger partial charge in [-0.3, -0.25) is 4.79 Å². The number of amides is 1. The zero-order valence-corrected chi connectivity index (χ0v) is 15.5. The number of benzene rings is 2. The third-order valence-electron chi connectivity index (χ3n) is 3.70. The van der Waals surface area contributed by atoms with E-state index in [4.69, 9.17) is 11.6 Å². The maximum absolute atomic E-state index is 13.4. The van der Waals surface area contributed by atoms with Crippen LogP contribution in [0.1, 0.15) is 24.2 Å². The Kier molecular flexibility index (Phi) is 5.82. The summed E-state index contributed by atoms with van der Waals surface area (Å²) < 4.78 is 39.4. The van der Waals surface area contributed by atoms with Gasteiger partial charge in [0.25, 0.3) is 5.91 Å². The standard InChI is InChI=1S/C17H18ClFN2O3S/c1-11(2)21(3)25(23,24)14-7-4-12(5-8-14)17(22)20-13-6-9-15(18)16(19)10-13/h4-11H,1-3H3,(H,20,22). The molecule has 8 heteroatoms. The molecule has 25 heavy (non-hydrogen) atoms. The smallest absolute Gasteiger partial charge is 0.255 e. The number of carbonyl (C=O) groups excluding carboxylic acids is 1. The minimum atomic E-state index is -3.61. The van der Waals surface area contributed by atoms with Crippen molar-refractivity contribution in [3.05, 3.63) is 58.9 Å². The average Bonchev–Trinajstić information content (AvgIpc) is 2.57. The van der Waals surface area contributed by atoms with Crippen LogP contribution in [0.4, 0.5) is 10.1 Å². The van der Waals surface area contributed by atoms with E-state index in [0.717, 1.165) is 6.07 Å². The second-order valence-electron chi connectivity index (χ2n) is 5.72. The molecule has 2 rings (SSSR count). The van der Waals surface area contributed by atoms with Crippen LogP contribution in [0, 0.1) is 5.82 Å². The van der Waals surface area contributed by atoms with E-state index < -0.39 is 21.7 Å². The van der Waals surface area contributed by atoms with Gasteiger partial charge in [-0.15, -0.1) is 0 Å². The summed E-state index contributed by atoms with van der Waals surface area (Å²) in [5, 5.41) is 2.49. The first-order valence-corrected chi connectivity index (χ1v) is 9.29. The molecule has 0 bridgehead atoms. The lowest BCUT2D eigenvalue weighted by Gasteiger charge is -2.21. The van der Waals surface area contributed by atoms with Crippen molar-refractivity contribution in [2.75, 3.05) is 12.4 Å². The van der Waals surface area contributed by atoms with Crippen LogP contribution in [0.5, 0.6) is 0 Å². The number of nitrogens with zero attached hydrogens (tertiary/aromatic N) is 1. The second-order valence-corrected chi connectivity index (χ2v) is 8.13. The third kappa shape index (κ3) is 4.36. The Hall–Kier alpha value is -1.96. The molecule has 0 aliphatic heterocycles. The van der Waals surface area contributed by atoms with Crippen LogP contribution < -0.4 is 5.32 Å². The highest BCUT2D eigenvalue weighted by molar-refractivity contribution is 7.89. The van der Waals surface area contributed by atoms with Crippen molar-refractivity contribution < 1.29 is 17.6 Å². The van der Waals surface area contributed by atoms with Gasteiger partial charge >= 0.3 is 0 Å². The van der Waals surface area contributed by atoms with Crippen LogP contribution in [0.25, 0.3) is 0 Å². The zero-order chi connectivity index (χ0) is 18.8. The Morgan fingerprint density at radius 2 is 1.76 bits per heavy atom. The quantitative estimate of drug-likeness (QED) is 0.853. The highest BCUT2D eigenvalue weighted by Crippen LogP contribution is 2.20. The fraction of sp³-hybridized carbons (Fsp3) is 0.235. The Balaban J connectivity index is 2.19. The number of hydrogen-bond acceptors (Lipinski definition) is 3. The highest BCUT2D eigenvalue weighted by Gasteiger charge is 2.23. The van der Waals surface area contributed by atoms with Crippen LogP contribution >= 0.6 is 11.6 Å². The molecule has 0 saturated carbocycles. The molecule has 0 saturated heterocycles. The summed E-state index contributed by atoms with van der Waals surface area (Å²) in [6.45, 7) is 3.54. The number of nitrogens with one attached hydrogen (secondary N) is 1. The Labute approximate surface area is 151 Å². The second kappa shape index (κ2) is 7.51. The summed E-state index contributed by atoms with van der Waals surface area (Å²) in [5.74, 6) is -1.12. The van der Waals surface area contributed by atoms with Gasteiger partial charge in [0, 0.05) is 24.3 Å². The van der Waals surface area contributed by atoms with Gasteiger partial charge in [0.1, 0.15) is 5.82 Å². The first-order chi connectivity index (χ1) is 11.6. The van der Waals surface area contributed by atoms with Gasteiger partial charge in [-0.25, -0.2) is 12.8 Å². The summed E-state index contributed by atoms with van der Waals surface area (Å²) in [6.07, 6.45) is 0. The predicted octanol–water partition coefficient (Wildman–Crippen LogP) is 3.76. The van der Waals surface area contributed by atoms with Crippen molar-refractivity contribution >= 4 is 33.2 Å². The summed E-state index contributed by atoms with van der Waals surface area (Å²) in [7, 11) is -2.12. The largest absolute Gasteiger partial charge is 0.322 e. The third-order valence-corrected chi connectivity index (χ3v) is 6.05. The number of anilines is 1. The molecular formula is C17H18ClFN2O3S. The SMILES string of the molecule is CC(C)N(C)S(=O)(=O)c1ccc(C(=O)Nc2ccc(Cl)c(F)c2)cc1. The van der Waals surface area contributed by atoms with Gasteiger partial charge < -0.3 is 5.32 Å². The molecule has 0 radical (unpaired) electrons. The van der Waals surface area contributed by atoms with Crippen molar-refractivity contribution in [3.8, 4) is 0 Å². The number of hydrogen-bond donors (Lipinski definition) is 1. The van der Waals surface area contributed by atoms with Crippen molar-refractivity contribution in [2.24, 2.45) is 0 Å². The normalized spacial score (nSPS) is 11.8. The van der Waals surface area contributed by atoms with E-state index >= 15 is 0 Å². The Morgan fingerprint density at radius 1 is 1.16 bits per heavy atom. The molecule has 5 nitrogen and oxygen atoms in total. The molecule has 0 aromatic heterocycles. The van der Waals surface area contributed by atoms with Crippen LogP contribution in [-0.4, -0.2) is 31.7 Å². The van der Waals surface area contributed by atoms with E-state index in [1.165, 1.54) is 47.8 Å². The van der Waals surface area contributed by atoms with Crippen LogP contribution in [0.15, 0.2) is 47.4 Å². The summed E-state index contributed by atoms with van der Waals surface area (Å²) in [5.41, 5.74) is 0.504. The number of rotatable bonds is 5. The van der Waals surface area contributed by atoms with E-state index in [0.29, 0.717) is 0 Å². The molecule has 0 atom stereocenters. The maximum Gasteiger partial charge on any atom is 0.255 e. The van der Waals surface area contributed by atoms with Gasteiger partial charge in [-0.05, 0) is 56.3 Å². The van der Waals surface area contributed by atoms with Gasteiger partial charge in [0.05, 0.1) is 9.92 Å². The van der Waals surface area contributed by atoms with Crippen molar-refractivity contribution in [2.45, 2.75) is 24.8 Å². The van der Waals surface area contributed by atoms with Crippen LogP contribution in [0.3, 0.4) is 0 Å². The number of halogens is 2. The molecule has 0 unspecified atom stereocenters. The van der Waals surface area contributed by atoms with Crippen molar-refractivity contribution in [1.82, 2.24) is 4.31 Å². The van der Waals surface area contributed by atoms with Gasteiger partial charge in [0.15, 0.2) is 0 Å². The molecule has 134 valence electrons. The van der Waals surface area contributed by atoms with Gasteiger partial charge in [0.2, 0.25) is 10.0 Å². The molecule has 0 aliphatic rings. The highest BCUT2D eigenvalue weighted by atomic mass is 35.5. The number of carbonyl (C=O) groups is 1. The molecule has 0 fully saturated rings. The van der Waals surface area contributed by atoms with Crippen molar-refractivity contribution in [3.63, 3.8) is 0 Å². The molecule has 2 aromatic carbocycles. The summed E-state index contributed by atoms with van der Waals surface area (Å²) in [4.78, 5) is 12.3. The first-order valence-electron chi connectivity index (χ1n) is 7.47. The van der Waals surface area contributed by atoms with Gasteiger partial charge in [-0.2, -0.15) is 4.31 Å². The monoisotopic (exact) mass is 384 g/mol. The molecular weight excluding hydrogens is 367 g/mol. The lowest BCUT2D eigenvalue weighted by Crippen LogP contribution is -2.33. The van der Waals surface area contributed by atoms with E-state index in [2.05, 4.69) is 5.32 Å². The average molecular weight is 385 g/mol. The predicted molar refractivity (Wildman–Crippen MR) is 95.9 cm³/mol. The Morgan fingerprint density at radius 3 is 2.28 bits per heavy atom. The topological polar surface area (TPSA) is 66.5 Å². The minimum Gasteiger partial charge on any atom is -0.322 e. The Bertz CT molecular complexity index is 883. The van der Waals surface area contributed by atoms with E-state index in [9.17, 15) is 17.6 Å². The van der Waals surface area contributed by atoms with Gasteiger partial charge in [-0.1, -0.05) is 11.6 Å². The molecule has 1 amide bonds.